The largest absolute Gasteiger partial charge is 0.441 e. The van der Waals surface area contributed by atoms with Crippen molar-refractivity contribution in [3.05, 3.63) is 40.4 Å². The summed E-state index contributed by atoms with van der Waals surface area (Å²) in [7, 11) is 0. The van der Waals surface area contributed by atoms with Gasteiger partial charge in [0.1, 0.15) is 0 Å². The van der Waals surface area contributed by atoms with E-state index in [0.717, 1.165) is 17.5 Å². The van der Waals surface area contributed by atoms with Crippen LogP contribution in [0.2, 0.25) is 0 Å². The molecule has 0 radical (unpaired) electrons. The molecule has 1 aromatic heterocycles. The molecular formula is C12H14N2O2. The predicted octanol–water partition coefficient (Wildman–Crippen LogP) is 2.22. The van der Waals surface area contributed by atoms with Crippen LogP contribution in [0.4, 0.5) is 0 Å². The minimum absolute atomic E-state index is 0.389. The van der Waals surface area contributed by atoms with Crippen molar-refractivity contribution in [3.63, 3.8) is 0 Å². The second-order valence-corrected chi connectivity index (χ2v) is 3.74. The van der Waals surface area contributed by atoms with Crippen LogP contribution in [-0.4, -0.2) is 9.72 Å². The lowest BCUT2D eigenvalue weighted by molar-refractivity contribution is 0.375. The molecule has 2 rings (SSSR count). The first-order chi connectivity index (χ1) is 7.74. The molecular weight excluding hydrogens is 204 g/mol. The summed E-state index contributed by atoms with van der Waals surface area (Å²) in [6.07, 6.45) is 0.875. The Kier molecular flexibility index (Phi) is 2.90. The van der Waals surface area contributed by atoms with Gasteiger partial charge in [0.05, 0.1) is 0 Å². The minimum Gasteiger partial charge on any atom is -0.295 e. The molecule has 2 aromatic rings. The van der Waals surface area contributed by atoms with Crippen LogP contribution in [0.15, 0.2) is 33.6 Å². The van der Waals surface area contributed by atoms with Crippen LogP contribution < -0.4 is 5.76 Å². The Balaban J connectivity index is 2.56. The van der Waals surface area contributed by atoms with E-state index in [-0.39, 0.29) is 5.76 Å². The molecule has 0 N–H and O–H groups in total. The SMILES string of the molecule is CCCn1c(-c2ccccc2C)noc1=O. The summed E-state index contributed by atoms with van der Waals surface area (Å²) in [6, 6.07) is 7.82. The van der Waals surface area contributed by atoms with E-state index < -0.39 is 0 Å². The molecule has 4 nitrogen and oxygen atoms in total. The zero-order chi connectivity index (χ0) is 11.5. The van der Waals surface area contributed by atoms with Gasteiger partial charge in [-0.25, -0.2) is 4.79 Å². The monoisotopic (exact) mass is 218 g/mol. The summed E-state index contributed by atoms with van der Waals surface area (Å²) in [6.45, 7) is 4.64. The van der Waals surface area contributed by atoms with Crippen LogP contribution in [-0.2, 0) is 6.54 Å². The molecule has 0 fully saturated rings. The maximum absolute atomic E-state index is 11.4. The van der Waals surface area contributed by atoms with Crippen molar-refractivity contribution in [1.82, 2.24) is 9.72 Å². The molecule has 0 unspecified atom stereocenters. The molecule has 0 aliphatic heterocycles. The van der Waals surface area contributed by atoms with Crippen molar-refractivity contribution in [2.45, 2.75) is 26.8 Å². The van der Waals surface area contributed by atoms with Crippen molar-refractivity contribution in [3.8, 4) is 11.4 Å². The first kappa shape index (κ1) is 10.7. The van der Waals surface area contributed by atoms with Crippen LogP contribution in [0.1, 0.15) is 18.9 Å². The van der Waals surface area contributed by atoms with E-state index in [9.17, 15) is 4.79 Å². The Bertz CT molecular complexity index is 540. The number of nitrogens with zero attached hydrogens (tertiary/aromatic N) is 2. The second-order valence-electron chi connectivity index (χ2n) is 3.74. The highest BCUT2D eigenvalue weighted by Gasteiger charge is 2.13. The van der Waals surface area contributed by atoms with Crippen molar-refractivity contribution in [2.75, 3.05) is 0 Å². The fraction of sp³-hybridized carbons (Fsp3) is 0.333. The number of benzene rings is 1. The Morgan fingerprint density at radius 1 is 1.38 bits per heavy atom. The molecule has 84 valence electrons. The van der Waals surface area contributed by atoms with Gasteiger partial charge in [-0.2, -0.15) is 0 Å². The molecule has 4 heteroatoms. The van der Waals surface area contributed by atoms with Gasteiger partial charge in [-0.15, -0.1) is 0 Å². The van der Waals surface area contributed by atoms with Crippen molar-refractivity contribution in [2.24, 2.45) is 0 Å². The summed E-state index contributed by atoms with van der Waals surface area (Å²) >= 11 is 0. The van der Waals surface area contributed by atoms with Gasteiger partial charge < -0.3 is 0 Å². The van der Waals surface area contributed by atoms with Gasteiger partial charge in [0, 0.05) is 12.1 Å². The highest BCUT2D eigenvalue weighted by molar-refractivity contribution is 5.59. The average Bonchev–Trinajstić information content (AvgIpc) is 2.62. The van der Waals surface area contributed by atoms with Crippen LogP contribution in [0.3, 0.4) is 0 Å². The standard InChI is InChI=1S/C12H14N2O2/c1-3-8-14-11(13-16-12(14)15)10-7-5-4-6-9(10)2/h4-7H,3,8H2,1-2H3. The highest BCUT2D eigenvalue weighted by Crippen LogP contribution is 2.19. The molecule has 1 heterocycles. The quantitative estimate of drug-likeness (QED) is 0.793. The number of hydrogen-bond acceptors (Lipinski definition) is 3. The minimum atomic E-state index is -0.389. The zero-order valence-electron chi connectivity index (χ0n) is 9.43. The van der Waals surface area contributed by atoms with E-state index in [2.05, 4.69) is 5.16 Å². The summed E-state index contributed by atoms with van der Waals surface area (Å²) < 4.78 is 6.29. The van der Waals surface area contributed by atoms with Gasteiger partial charge in [0.15, 0.2) is 5.82 Å². The molecule has 0 bridgehead atoms. The van der Waals surface area contributed by atoms with Crippen LogP contribution in [0.25, 0.3) is 11.4 Å². The maximum Gasteiger partial charge on any atom is 0.441 e. The number of aryl methyl sites for hydroxylation is 1. The van der Waals surface area contributed by atoms with Gasteiger partial charge in [-0.3, -0.25) is 9.09 Å². The normalized spacial score (nSPS) is 10.6. The molecule has 0 saturated carbocycles. The third-order valence-electron chi connectivity index (χ3n) is 2.52. The van der Waals surface area contributed by atoms with Crippen molar-refractivity contribution >= 4 is 0 Å². The number of rotatable bonds is 3. The van der Waals surface area contributed by atoms with Gasteiger partial charge >= 0.3 is 5.76 Å². The summed E-state index contributed by atoms with van der Waals surface area (Å²) in [5.41, 5.74) is 2.03. The summed E-state index contributed by atoms with van der Waals surface area (Å²) in [5.74, 6) is 0.227. The number of aromatic nitrogens is 2. The third kappa shape index (κ3) is 1.78. The average molecular weight is 218 g/mol. The van der Waals surface area contributed by atoms with E-state index in [4.69, 9.17) is 4.52 Å². The first-order valence-corrected chi connectivity index (χ1v) is 5.36. The Hall–Kier alpha value is -1.84. The van der Waals surface area contributed by atoms with Gasteiger partial charge in [-0.05, 0) is 18.9 Å². The van der Waals surface area contributed by atoms with E-state index >= 15 is 0 Å². The van der Waals surface area contributed by atoms with E-state index in [1.807, 2.05) is 38.1 Å². The fourth-order valence-corrected chi connectivity index (χ4v) is 1.71. The second kappa shape index (κ2) is 4.35. The van der Waals surface area contributed by atoms with Crippen molar-refractivity contribution in [1.29, 1.82) is 0 Å². The molecule has 16 heavy (non-hydrogen) atoms. The topological polar surface area (TPSA) is 48.0 Å². The Morgan fingerprint density at radius 3 is 2.81 bits per heavy atom. The number of hydrogen-bond donors (Lipinski definition) is 0. The van der Waals surface area contributed by atoms with Crippen molar-refractivity contribution < 1.29 is 4.52 Å². The van der Waals surface area contributed by atoms with Gasteiger partial charge in [0.25, 0.3) is 0 Å². The molecule has 0 saturated heterocycles. The lowest BCUT2D eigenvalue weighted by Crippen LogP contribution is -2.15. The van der Waals surface area contributed by atoms with Crippen LogP contribution >= 0.6 is 0 Å². The highest BCUT2D eigenvalue weighted by atomic mass is 16.5. The van der Waals surface area contributed by atoms with E-state index in [1.54, 1.807) is 4.57 Å². The van der Waals surface area contributed by atoms with Gasteiger partial charge in [-0.1, -0.05) is 36.3 Å². The lowest BCUT2D eigenvalue weighted by atomic mass is 10.1. The summed E-state index contributed by atoms with van der Waals surface area (Å²) in [5, 5.41) is 3.84. The fourth-order valence-electron chi connectivity index (χ4n) is 1.71. The molecule has 0 amide bonds. The molecule has 0 spiro atoms. The molecule has 0 aliphatic carbocycles. The first-order valence-electron chi connectivity index (χ1n) is 5.36. The van der Waals surface area contributed by atoms with E-state index in [0.29, 0.717) is 12.4 Å². The maximum atomic E-state index is 11.4. The molecule has 0 aliphatic rings. The Morgan fingerprint density at radius 2 is 2.12 bits per heavy atom. The van der Waals surface area contributed by atoms with Gasteiger partial charge in [0.2, 0.25) is 0 Å². The van der Waals surface area contributed by atoms with E-state index in [1.165, 1.54) is 0 Å². The lowest BCUT2D eigenvalue weighted by Gasteiger charge is -2.04. The third-order valence-corrected chi connectivity index (χ3v) is 2.52. The zero-order valence-corrected chi connectivity index (χ0v) is 9.43. The Labute approximate surface area is 93.5 Å². The van der Waals surface area contributed by atoms with Crippen LogP contribution in [0, 0.1) is 6.92 Å². The predicted molar refractivity (Wildman–Crippen MR) is 61.2 cm³/mol. The molecule has 0 atom stereocenters. The molecule has 1 aromatic carbocycles. The smallest absolute Gasteiger partial charge is 0.295 e. The van der Waals surface area contributed by atoms with Crippen LogP contribution in [0.5, 0.6) is 0 Å². The summed E-state index contributed by atoms with van der Waals surface area (Å²) in [4.78, 5) is 11.4.